The molecule has 0 saturated carbocycles. The number of rotatable bonds is 1. The van der Waals surface area contributed by atoms with E-state index in [-0.39, 0.29) is 7.43 Å². The topological polar surface area (TPSA) is 9.23 Å². The SMILES string of the molecule is C.CC(C)C1CCCO1. The summed E-state index contributed by atoms with van der Waals surface area (Å²) in [5, 5.41) is 0. The van der Waals surface area contributed by atoms with Crippen molar-refractivity contribution in [3.63, 3.8) is 0 Å². The Labute approximate surface area is 58.4 Å². The van der Waals surface area contributed by atoms with E-state index in [1.165, 1.54) is 12.8 Å². The number of hydrogen-bond acceptors (Lipinski definition) is 1. The van der Waals surface area contributed by atoms with Gasteiger partial charge in [-0.05, 0) is 18.8 Å². The first-order valence-corrected chi connectivity index (χ1v) is 3.42. The fraction of sp³-hybridized carbons (Fsp3) is 1.00. The maximum Gasteiger partial charge on any atom is 0.0598 e. The van der Waals surface area contributed by atoms with Crippen LogP contribution in [0.3, 0.4) is 0 Å². The third-order valence-electron chi connectivity index (χ3n) is 1.71. The van der Waals surface area contributed by atoms with E-state index >= 15 is 0 Å². The molecule has 0 aromatic rings. The van der Waals surface area contributed by atoms with Crippen molar-refractivity contribution in [1.82, 2.24) is 0 Å². The van der Waals surface area contributed by atoms with Crippen molar-refractivity contribution in [3.8, 4) is 0 Å². The highest BCUT2D eigenvalue weighted by Crippen LogP contribution is 2.18. The van der Waals surface area contributed by atoms with Gasteiger partial charge in [-0.25, -0.2) is 0 Å². The predicted molar refractivity (Wildman–Crippen MR) is 40.5 cm³/mol. The number of hydrogen-bond donors (Lipinski definition) is 0. The van der Waals surface area contributed by atoms with Gasteiger partial charge in [-0.15, -0.1) is 0 Å². The Morgan fingerprint density at radius 2 is 2.11 bits per heavy atom. The van der Waals surface area contributed by atoms with E-state index in [1.54, 1.807) is 0 Å². The first kappa shape index (κ1) is 8.96. The molecule has 1 heterocycles. The summed E-state index contributed by atoms with van der Waals surface area (Å²) in [6.07, 6.45) is 3.11. The fourth-order valence-corrected chi connectivity index (χ4v) is 1.13. The van der Waals surface area contributed by atoms with Gasteiger partial charge in [0.25, 0.3) is 0 Å². The van der Waals surface area contributed by atoms with Crippen molar-refractivity contribution in [1.29, 1.82) is 0 Å². The number of ether oxygens (including phenoxy) is 1. The fourth-order valence-electron chi connectivity index (χ4n) is 1.13. The largest absolute Gasteiger partial charge is 0.378 e. The minimum Gasteiger partial charge on any atom is -0.378 e. The molecule has 1 rings (SSSR count). The summed E-state index contributed by atoms with van der Waals surface area (Å²) in [5.41, 5.74) is 0. The minimum atomic E-state index is 0. The molecule has 1 atom stereocenters. The molecule has 0 spiro atoms. The van der Waals surface area contributed by atoms with Gasteiger partial charge in [0.15, 0.2) is 0 Å². The van der Waals surface area contributed by atoms with Gasteiger partial charge in [0, 0.05) is 6.61 Å². The van der Waals surface area contributed by atoms with Gasteiger partial charge in [-0.1, -0.05) is 21.3 Å². The molecule has 56 valence electrons. The highest BCUT2D eigenvalue weighted by Gasteiger charge is 2.17. The molecule has 0 N–H and O–H groups in total. The van der Waals surface area contributed by atoms with Crippen LogP contribution in [0.4, 0.5) is 0 Å². The second kappa shape index (κ2) is 3.89. The molecule has 1 saturated heterocycles. The van der Waals surface area contributed by atoms with Crippen LogP contribution in [0.25, 0.3) is 0 Å². The molecule has 1 fully saturated rings. The van der Waals surface area contributed by atoms with Gasteiger partial charge in [0.1, 0.15) is 0 Å². The minimum absolute atomic E-state index is 0. The Balaban J connectivity index is 0.000000640. The molecule has 0 aromatic heterocycles. The molecule has 0 amide bonds. The van der Waals surface area contributed by atoms with Crippen LogP contribution in [0, 0.1) is 5.92 Å². The van der Waals surface area contributed by atoms with Crippen molar-refractivity contribution in [3.05, 3.63) is 0 Å². The second-order valence-electron chi connectivity index (χ2n) is 2.80. The van der Waals surface area contributed by atoms with Crippen molar-refractivity contribution < 1.29 is 4.74 Å². The lowest BCUT2D eigenvalue weighted by atomic mass is 10.1. The molecule has 1 unspecified atom stereocenters. The van der Waals surface area contributed by atoms with Crippen molar-refractivity contribution in [2.45, 2.75) is 40.2 Å². The van der Waals surface area contributed by atoms with Gasteiger partial charge in [0.05, 0.1) is 6.10 Å². The second-order valence-corrected chi connectivity index (χ2v) is 2.80. The molecule has 1 aliphatic rings. The van der Waals surface area contributed by atoms with E-state index in [0.717, 1.165) is 12.5 Å². The quantitative estimate of drug-likeness (QED) is 0.530. The smallest absolute Gasteiger partial charge is 0.0598 e. The summed E-state index contributed by atoms with van der Waals surface area (Å²) in [5.74, 6) is 0.720. The van der Waals surface area contributed by atoms with E-state index in [9.17, 15) is 0 Å². The van der Waals surface area contributed by atoms with E-state index < -0.39 is 0 Å². The zero-order chi connectivity index (χ0) is 5.98. The summed E-state index contributed by atoms with van der Waals surface area (Å²) in [6.45, 7) is 5.43. The maximum absolute atomic E-state index is 5.41. The van der Waals surface area contributed by atoms with Crippen LogP contribution in [-0.4, -0.2) is 12.7 Å². The summed E-state index contributed by atoms with van der Waals surface area (Å²) in [7, 11) is 0. The Hall–Kier alpha value is -0.0400. The molecule has 1 aliphatic heterocycles. The molecule has 0 aliphatic carbocycles. The Morgan fingerprint density at radius 1 is 1.44 bits per heavy atom. The first-order valence-electron chi connectivity index (χ1n) is 3.42. The maximum atomic E-state index is 5.41. The summed E-state index contributed by atoms with van der Waals surface area (Å²) < 4.78 is 5.41. The Bertz CT molecular complexity index is 63.0. The lowest BCUT2D eigenvalue weighted by Gasteiger charge is -2.11. The van der Waals surface area contributed by atoms with Gasteiger partial charge in [-0.2, -0.15) is 0 Å². The molecule has 0 radical (unpaired) electrons. The summed E-state index contributed by atoms with van der Waals surface area (Å²) in [6, 6.07) is 0. The van der Waals surface area contributed by atoms with Crippen LogP contribution in [-0.2, 0) is 4.74 Å². The molecule has 1 heteroatoms. The van der Waals surface area contributed by atoms with Crippen LogP contribution < -0.4 is 0 Å². The standard InChI is InChI=1S/C7H14O.CH4/c1-6(2)7-4-3-5-8-7;/h6-7H,3-5H2,1-2H3;1H4. The predicted octanol–water partition coefficient (Wildman–Crippen LogP) is 2.46. The molecular formula is C8H18O. The zero-order valence-corrected chi connectivity index (χ0v) is 5.68. The third-order valence-corrected chi connectivity index (χ3v) is 1.71. The molecule has 1 nitrogen and oxygen atoms in total. The van der Waals surface area contributed by atoms with Gasteiger partial charge >= 0.3 is 0 Å². The molecule has 0 bridgehead atoms. The average molecular weight is 130 g/mol. The molecule has 9 heavy (non-hydrogen) atoms. The lowest BCUT2D eigenvalue weighted by Crippen LogP contribution is -2.12. The van der Waals surface area contributed by atoms with Crippen LogP contribution in [0.1, 0.15) is 34.1 Å². The van der Waals surface area contributed by atoms with Gasteiger partial charge in [0.2, 0.25) is 0 Å². The molecule has 0 aromatic carbocycles. The highest BCUT2D eigenvalue weighted by molar-refractivity contribution is 4.67. The van der Waals surface area contributed by atoms with Gasteiger partial charge < -0.3 is 4.74 Å². The Morgan fingerprint density at radius 3 is 2.33 bits per heavy atom. The van der Waals surface area contributed by atoms with E-state index in [2.05, 4.69) is 13.8 Å². The van der Waals surface area contributed by atoms with Crippen molar-refractivity contribution >= 4 is 0 Å². The van der Waals surface area contributed by atoms with Crippen LogP contribution in [0.5, 0.6) is 0 Å². The van der Waals surface area contributed by atoms with Crippen LogP contribution in [0.15, 0.2) is 0 Å². The molecular weight excluding hydrogens is 112 g/mol. The van der Waals surface area contributed by atoms with E-state index in [1.807, 2.05) is 0 Å². The summed E-state index contributed by atoms with van der Waals surface area (Å²) >= 11 is 0. The van der Waals surface area contributed by atoms with E-state index in [4.69, 9.17) is 4.74 Å². The lowest BCUT2D eigenvalue weighted by molar-refractivity contribution is 0.0758. The summed E-state index contributed by atoms with van der Waals surface area (Å²) in [4.78, 5) is 0. The zero-order valence-electron chi connectivity index (χ0n) is 5.68. The average Bonchev–Trinajstić information content (AvgIpc) is 2.12. The van der Waals surface area contributed by atoms with Crippen LogP contribution >= 0.6 is 0 Å². The van der Waals surface area contributed by atoms with Gasteiger partial charge in [-0.3, -0.25) is 0 Å². The first-order chi connectivity index (χ1) is 3.80. The monoisotopic (exact) mass is 130 g/mol. The van der Waals surface area contributed by atoms with Crippen molar-refractivity contribution in [2.24, 2.45) is 5.92 Å². The third kappa shape index (κ3) is 2.35. The van der Waals surface area contributed by atoms with Crippen molar-refractivity contribution in [2.75, 3.05) is 6.61 Å². The highest BCUT2D eigenvalue weighted by atomic mass is 16.5. The Kier molecular flexibility index (Phi) is 3.87. The van der Waals surface area contributed by atoms with Crippen LogP contribution in [0.2, 0.25) is 0 Å². The van der Waals surface area contributed by atoms with E-state index in [0.29, 0.717) is 6.10 Å². The normalized spacial score (nSPS) is 26.3.